The van der Waals surface area contributed by atoms with Crippen LogP contribution in [0.1, 0.15) is 32.8 Å². The van der Waals surface area contributed by atoms with E-state index in [9.17, 15) is 13.2 Å². The van der Waals surface area contributed by atoms with E-state index in [1.807, 2.05) is 38.1 Å². The quantitative estimate of drug-likeness (QED) is 0.613. The molecule has 0 radical (unpaired) electrons. The van der Waals surface area contributed by atoms with Crippen LogP contribution in [0.25, 0.3) is 0 Å². The monoisotopic (exact) mass is 417 g/mol. The van der Waals surface area contributed by atoms with Crippen LogP contribution in [0, 0.1) is 0 Å². The molecule has 25 heavy (non-hydrogen) atoms. The number of benzene rings is 1. The van der Waals surface area contributed by atoms with E-state index in [0.717, 1.165) is 16.4 Å². The molecule has 1 aromatic carbocycles. The number of para-hydroxylation sites is 1. The fraction of sp³-hybridized carbons (Fsp3) is 0.412. The number of hydrogen-bond acceptors (Lipinski definition) is 4. The Morgan fingerprint density at radius 3 is 2.48 bits per heavy atom. The third-order valence-corrected chi connectivity index (χ3v) is 4.31. The molecule has 0 N–H and O–H groups in total. The van der Waals surface area contributed by atoms with Crippen LogP contribution in [-0.4, -0.2) is 22.6 Å². The first-order chi connectivity index (χ1) is 11.8. The van der Waals surface area contributed by atoms with Crippen molar-refractivity contribution in [3.8, 4) is 5.88 Å². The van der Waals surface area contributed by atoms with Crippen molar-refractivity contribution in [3.63, 3.8) is 0 Å². The maximum atomic E-state index is 13.2. The number of halogens is 4. The zero-order valence-electron chi connectivity index (χ0n) is 14.1. The van der Waals surface area contributed by atoms with Gasteiger partial charge < -0.3 is 9.64 Å². The van der Waals surface area contributed by atoms with Crippen LogP contribution in [0.2, 0.25) is 0 Å². The Hall–Kier alpha value is -1.83. The normalized spacial score (nSPS) is 12.8. The van der Waals surface area contributed by atoms with Crippen LogP contribution in [0.4, 0.5) is 24.8 Å². The minimum atomic E-state index is -4.58. The third-order valence-electron chi connectivity index (χ3n) is 3.64. The second kappa shape index (κ2) is 8.03. The van der Waals surface area contributed by atoms with Crippen LogP contribution in [0.5, 0.6) is 5.88 Å². The largest absolute Gasteiger partial charge is 0.474 e. The average Bonchev–Trinajstić information content (AvgIpc) is 2.56. The van der Waals surface area contributed by atoms with Crippen molar-refractivity contribution < 1.29 is 17.9 Å². The molecule has 0 fully saturated rings. The SMILES string of the molecule is CCC(C)Oc1nc(N(CC)c2ccccc2Br)ncc1C(F)(F)F. The Morgan fingerprint density at radius 1 is 1.24 bits per heavy atom. The molecule has 1 aromatic heterocycles. The molecule has 1 heterocycles. The maximum absolute atomic E-state index is 13.2. The second-order valence-electron chi connectivity index (χ2n) is 5.42. The first-order valence-electron chi connectivity index (χ1n) is 7.90. The van der Waals surface area contributed by atoms with Gasteiger partial charge in [0.05, 0.1) is 11.8 Å². The topological polar surface area (TPSA) is 38.2 Å². The molecule has 2 rings (SSSR count). The molecule has 4 nitrogen and oxygen atoms in total. The lowest BCUT2D eigenvalue weighted by molar-refractivity contribution is -0.139. The molecule has 8 heteroatoms. The van der Waals surface area contributed by atoms with Crippen LogP contribution >= 0.6 is 15.9 Å². The van der Waals surface area contributed by atoms with Crippen molar-refractivity contribution in [1.29, 1.82) is 0 Å². The summed E-state index contributed by atoms with van der Waals surface area (Å²) in [5, 5.41) is 0. The van der Waals surface area contributed by atoms with Gasteiger partial charge in [0.2, 0.25) is 11.8 Å². The van der Waals surface area contributed by atoms with Crippen molar-refractivity contribution in [1.82, 2.24) is 9.97 Å². The van der Waals surface area contributed by atoms with Gasteiger partial charge in [0.25, 0.3) is 0 Å². The Morgan fingerprint density at radius 2 is 1.92 bits per heavy atom. The molecule has 1 unspecified atom stereocenters. The molecular weight excluding hydrogens is 399 g/mol. The summed E-state index contributed by atoms with van der Waals surface area (Å²) in [5.74, 6) is -0.293. The highest BCUT2D eigenvalue weighted by atomic mass is 79.9. The van der Waals surface area contributed by atoms with Crippen molar-refractivity contribution in [2.45, 2.75) is 39.5 Å². The van der Waals surface area contributed by atoms with Crippen LogP contribution < -0.4 is 9.64 Å². The summed E-state index contributed by atoms with van der Waals surface area (Å²) in [5.41, 5.74) is -0.209. The number of ether oxygens (including phenoxy) is 1. The zero-order valence-corrected chi connectivity index (χ0v) is 15.7. The summed E-state index contributed by atoms with van der Waals surface area (Å²) in [6, 6.07) is 7.37. The third kappa shape index (κ3) is 4.62. The van der Waals surface area contributed by atoms with Crippen molar-refractivity contribution in [3.05, 3.63) is 40.5 Å². The van der Waals surface area contributed by atoms with Gasteiger partial charge in [0, 0.05) is 17.2 Å². The van der Waals surface area contributed by atoms with Gasteiger partial charge in [-0.3, -0.25) is 0 Å². The Kier molecular flexibility index (Phi) is 6.26. The summed E-state index contributed by atoms with van der Waals surface area (Å²) in [4.78, 5) is 9.71. The van der Waals surface area contributed by atoms with Gasteiger partial charge >= 0.3 is 6.18 Å². The number of rotatable bonds is 6. The number of anilines is 2. The first-order valence-corrected chi connectivity index (χ1v) is 8.70. The first kappa shape index (κ1) is 19.5. The second-order valence-corrected chi connectivity index (χ2v) is 6.27. The molecule has 0 aliphatic carbocycles. The molecule has 0 bridgehead atoms. The van der Waals surface area contributed by atoms with Gasteiger partial charge in [-0.05, 0) is 48.3 Å². The van der Waals surface area contributed by atoms with E-state index in [1.54, 1.807) is 11.8 Å². The van der Waals surface area contributed by atoms with Gasteiger partial charge in [0.15, 0.2) is 0 Å². The molecule has 0 spiro atoms. The lowest BCUT2D eigenvalue weighted by Crippen LogP contribution is -2.22. The maximum Gasteiger partial charge on any atom is 0.423 e. The van der Waals surface area contributed by atoms with Gasteiger partial charge in [-0.15, -0.1) is 0 Å². The lowest BCUT2D eigenvalue weighted by atomic mass is 10.3. The van der Waals surface area contributed by atoms with Crippen molar-refractivity contribution >= 4 is 27.6 Å². The molecule has 1 atom stereocenters. The van der Waals surface area contributed by atoms with E-state index in [-0.39, 0.29) is 12.1 Å². The summed E-state index contributed by atoms with van der Waals surface area (Å²) in [6.45, 7) is 5.89. The van der Waals surface area contributed by atoms with E-state index in [1.165, 1.54) is 0 Å². The van der Waals surface area contributed by atoms with E-state index in [0.29, 0.717) is 13.0 Å². The van der Waals surface area contributed by atoms with Crippen molar-refractivity contribution in [2.75, 3.05) is 11.4 Å². The number of nitrogens with zero attached hydrogens (tertiary/aromatic N) is 3. The number of hydrogen-bond donors (Lipinski definition) is 0. The fourth-order valence-corrected chi connectivity index (χ4v) is 2.63. The Balaban J connectivity index is 2.51. The van der Waals surface area contributed by atoms with E-state index in [4.69, 9.17) is 4.74 Å². The van der Waals surface area contributed by atoms with E-state index in [2.05, 4.69) is 25.9 Å². The Bertz CT molecular complexity index is 725. The predicted molar refractivity (Wildman–Crippen MR) is 94.2 cm³/mol. The van der Waals surface area contributed by atoms with Crippen molar-refractivity contribution in [2.24, 2.45) is 0 Å². The smallest absolute Gasteiger partial charge is 0.423 e. The predicted octanol–water partition coefficient (Wildman–Crippen LogP) is 5.59. The van der Waals surface area contributed by atoms with Gasteiger partial charge in [-0.2, -0.15) is 18.2 Å². The minimum Gasteiger partial charge on any atom is -0.474 e. The molecule has 0 aliphatic rings. The molecule has 2 aromatic rings. The molecule has 136 valence electrons. The van der Waals surface area contributed by atoms with Gasteiger partial charge in [0.1, 0.15) is 5.56 Å². The van der Waals surface area contributed by atoms with Crippen LogP contribution in [-0.2, 0) is 6.18 Å². The van der Waals surface area contributed by atoms with Gasteiger partial charge in [-0.1, -0.05) is 19.1 Å². The highest BCUT2D eigenvalue weighted by molar-refractivity contribution is 9.10. The molecule has 0 saturated heterocycles. The number of alkyl halides is 3. The molecular formula is C17H19BrF3N3O. The van der Waals surface area contributed by atoms with Crippen LogP contribution in [0.3, 0.4) is 0 Å². The van der Waals surface area contributed by atoms with E-state index >= 15 is 0 Å². The standard InChI is InChI=1S/C17H19BrF3N3O/c1-4-11(3)25-15-12(17(19,20)21)10-22-16(23-15)24(5-2)14-9-7-6-8-13(14)18/h6-11H,4-5H2,1-3H3. The zero-order chi connectivity index (χ0) is 18.6. The van der Waals surface area contributed by atoms with Gasteiger partial charge in [-0.25, -0.2) is 4.98 Å². The summed E-state index contributed by atoms with van der Waals surface area (Å²) in [6.07, 6.45) is -3.62. The lowest BCUT2D eigenvalue weighted by Gasteiger charge is -2.24. The number of aromatic nitrogens is 2. The van der Waals surface area contributed by atoms with E-state index < -0.39 is 17.6 Å². The fourth-order valence-electron chi connectivity index (χ4n) is 2.14. The highest BCUT2D eigenvalue weighted by Crippen LogP contribution is 2.37. The minimum absolute atomic E-state index is 0.153. The summed E-state index contributed by atoms with van der Waals surface area (Å²) >= 11 is 3.44. The molecule has 0 saturated carbocycles. The van der Waals surface area contributed by atoms with Crippen LogP contribution in [0.15, 0.2) is 34.9 Å². The molecule has 0 amide bonds. The molecule has 0 aliphatic heterocycles. The highest BCUT2D eigenvalue weighted by Gasteiger charge is 2.37. The Labute approximate surface area is 153 Å². The summed E-state index contributed by atoms with van der Waals surface area (Å²) in [7, 11) is 0. The summed E-state index contributed by atoms with van der Waals surface area (Å²) < 4.78 is 45.9. The average molecular weight is 418 g/mol.